The second-order valence-corrected chi connectivity index (χ2v) is 5.15. The molecule has 19 heavy (non-hydrogen) atoms. The topological polar surface area (TPSA) is 72.3 Å². The van der Waals surface area contributed by atoms with E-state index in [1.165, 1.54) is 6.07 Å². The highest BCUT2D eigenvalue weighted by molar-refractivity contribution is 5.93. The molecular weight excluding hydrogens is 245 g/mol. The van der Waals surface area contributed by atoms with Crippen LogP contribution in [0.5, 0.6) is 0 Å². The first-order chi connectivity index (χ1) is 9.00. The standard InChI is InChI=1S/C14H20FN3O/c1-9(16)12-4-2-3-7-18(12)13-6-5-10(14(17)19)8-11(13)15/h5-6,8-9,12H,2-4,7,16H2,1H3,(H2,17,19). The predicted molar refractivity (Wildman–Crippen MR) is 73.6 cm³/mol. The Labute approximate surface area is 112 Å². The fourth-order valence-corrected chi connectivity index (χ4v) is 2.70. The molecule has 2 rings (SSSR count). The number of primary amides is 1. The van der Waals surface area contributed by atoms with Gasteiger partial charge in [0.05, 0.1) is 5.69 Å². The molecule has 2 unspecified atom stereocenters. The summed E-state index contributed by atoms with van der Waals surface area (Å²) in [4.78, 5) is 13.0. The van der Waals surface area contributed by atoms with Crippen molar-refractivity contribution < 1.29 is 9.18 Å². The molecule has 0 bridgehead atoms. The molecule has 1 aromatic rings. The van der Waals surface area contributed by atoms with Crippen molar-refractivity contribution in [3.63, 3.8) is 0 Å². The zero-order valence-electron chi connectivity index (χ0n) is 11.1. The number of rotatable bonds is 3. The SMILES string of the molecule is CC(N)C1CCCCN1c1ccc(C(N)=O)cc1F. The van der Waals surface area contributed by atoms with Crippen LogP contribution in [0.15, 0.2) is 18.2 Å². The van der Waals surface area contributed by atoms with E-state index in [4.69, 9.17) is 11.5 Å². The van der Waals surface area contributed by atoms with Crippen LogP contribution in [0, 0.1) is 5.82 Å². The van der Waals surface area contributed by atoms with Crippen LogP contribution in [0.1, 0.15) is 36.5 Å². The van der Waals surface area contributed by atoms with E-state index in [2.05, 4.69) is 0 Å². The summed E-state index contributed by atoms with van der Waals surface area (Å²) in [5.41, 5.74) is 11.8. The lowest BCUT2D eigenvalue weighted by Gasteiger charge is -2.40. The van der Waals surface area contributed by atoms with Crippen molar-refractivity contribution in [2.45, 2.75) is 38.3 Å². The summed E-state index contributed by atoms with van der Waals surface area (Å²) in [6.07, 6.45) is 3.11. The maximum atomic E-state index is 14.1. The Morgan fingerprint density at radius 2 is 2.21 bits per heavy atom. The van der Waals surface area contributed by atoms with Gasteiger partial charge < -0.3 is 16.4 Å². The highest BCUT2D eigenvalue weighted by Crippen LogP contribution is 2.28. The van der Waals surface area contributed by atoms with E-state index in [0.29, 0.717) is 5.69 Å². The van der Waals surface area contributed by atoms with Crippen molar-refractivity contribution >= 4 is 11.6 Å². The number of nitrogens with two attached hydrogens (primary N) is 2. The minimum Gasteiger partial charge on any atom is -0.366 e. The average molecular weight is 265 g/mol. The molecule has 0 radical (unpaired) electrons. The molecule has 1 saturated heterocycles. The number of hydrogen-bond acceptors (Lipinski definition) is 3. The van der Waals surface area contributed by atoms with Crippen molar-refractivity contribution in [3.8, 4) is 0 Å². The molecule has 1 amide bonds. The predicted octanol–water partition coefficient (Wildman–Crippen LogP) is 1.63. The van der Waals surface area contributed by atoms with Crippen molar-refractivity contribution in [1.82, 2.24) is 0 Å². The van der Waals surface area contributed by atoms with Gasteiger partial charge in [0.1, 0.15) is 5.82 Å². The molecule has 1 aliphatic heterocycles. The highest BCUT2D eigenvalue weighted by Gasteiger charge is 2.27. The van der Waals surface area contributed by atoms with Gasteiger partial charge in [0.25, 0.3) is 0 Å². The number of piperidine rings is 1. The van der Waals surface area contributed by atoms with Crippen molar-refractivity contribution in [1.29, 1.82) is 0 Å². The largest absolute Gasteiger partial charge is 0.366 e. The van der Waals surface area contributed by atoms with Crippen LogP contribution in [0.2, 0.25) is 0 Å². The van der Waals surface area contributed by atoms with Gasteiger partial charge in [-0.1, -0.05) is 0 Å². The van der Waals surface area contributed by atoms with Crippen LogP contribution >= 0.6 is 0 Å². The third-order valence-corrected chi connectivity index (χ3v) is 3.70. The van der Waals surface area contributed by atoms with Gasteiger partial charge in [-0.15, -0.1) is 0 Å². The lowest BCUT2D eigenvalue weighted by molar-refractivity contribution is 0.1000. The van der Waals surface area contributed by atoms with E-state index in [1.54, 1.807) is 12.1 Å². The van der Waals surface area contributed by atoms with Gasteiger partial charge in [-0.3, -0.25) is 4.79 Å². The molecule has 0 aromatic heterocycles. The fourth-order valence-electron chi connectivity index (χ4n) is 2.70. The third kappa shape index (κ3) is 2.87. The van der Waals surface area contributed by atoms with Gasteiger partial charge in [0, 0.05) is 24.2 Å². The molecule has 2 atom stereocenters. The number of anilines is 1. The number of halogens is 1. The van der Waals surface area contributed by atoms with Crippen LogP contribution in [0.4, 0.5) is 10.1 Å². The molecule has 1 heterocycles. The first-order valence-electron chi connectivity index (χ1n) is 6.62. The van der Waals surface area contributed by atoms with E-state index >= 15 is 0 Å². The summed E-state index contributed by atoms with van der Waals surface area (Å²) in [6, 6.07) is 4.51. The Kier molecular flexibility index (Phi) is 4.04. The molecule has 4 nitrogen and oxygen atoms in total. The fraction of sp³-hybridized carbons (Fsp3) is 0.500. The Balaban J connectivity index is 2.31. The summed E-state index contributed by atoms with van der Waals surface area (Å²) in [5, 5.41) is 0. The zero-order valence-corrected chi connectivity index (χ0v) is 11.1. The van der Waals surface area contributed by atoms with Crippen molar-refractivity contribution in [3.05, 3.63) is 29.6 Å². The molecule has 0 saturated carbocycles. The molecule has 5 heteroatoms. The zero-order chi connectivity index (χ0) is 14.0. The first kappa shape index (κ1) is 13.8. The third-order valence-electron chi connectivity index (χ3n) is 3.70. The minimum absolute atomic E-state index is 0.0180. The lowest BCUT2D eigenvalue weighted by atomic mass is 9.96. The monoisotopic (exact) mass is 265 g/mol. The highest BCUT2D eigenvalue weighted by atomic mass is 19.1. The second-order valence-electron chi connectivity index (χ2n) is 5.15. The van der Waals surface area contributed by atoms with Crippen LogP contribution in [0.25, 0.3) is 0 Å². The Bertz CT molecular complexity index is 476. The summed E-state index contributed by atoms with van der Waals surface area (Å²) >= 11 is 0. The van der Waals surface area contributed by atoms with Gasteiger partial charge in [0.2, 0.25) is 5.91 Å². The number of nitrogens with zero attached hydrogens (tertiary/aromatic N) is 1. The molecule has 1 fully saturated rings. The van der Waals surface area contributed by atoms with E-state index in [0.717, 1.165) is 25.8 Å². The minimum atomic E-state index is -0.618. The van der Waals surface area contributed by atoms with Crippen LogP contribution in [-0.4, -0.2) is 24.5 Å². The van der Waals surface area contributed by atoms with Gasteiger partial charge >= 0.3 is 0 Å². The molecule has 0 aliphatic carbocycles. The van der Waals surface area contributed by atoms with E-state index < -0.39 is 11.7 Å². The molecule has 1 aromatic carbocycles. The molecule has 4 N–H and O–H groups in total. The summed E-state index contributed by atoms with van der Waals surface area (Å²) < 4.78 is 14.1. The van der Waals surface area contributed by atoms with Crippen LogP contribution < -0.4 is 16.4 Å². The van der Waals surface area contributed by atoms with Crippen LogP contribution in [-0.2, 0) is 0 Å². The van der Waals surface area contributed by atoms with Crippen molar-refractivity contribution in [2.75, 3.05) is 11.4 Å². The summed E-state index contributed by atoms with van der Waals surface area (Å²) in [6.45, 7) is 2.73. The molecule has 104 valence electrons. The number of amides is 1. The Morgan fingerprint density at radius 1 is 1.47 bits per heavy atom. The Morgan fingerprint density at radius 3 is 2.79 bits per heavy atom. The smallest absolute Gasteiger partial charge is 0.248 e. The van der Waals surface area contributed by atoms with E-state index in [9.17, 15) is 9.18 Å². The number of hydrogen-bond donors (Lipinski definition) is 2. The quantitative estimate of drug-likeness (QED) is 0.872. The number of carbonyl (C=O) groups excluding carboxylic acids is 1. The Hall–Kier alpha value is -1.62. The number of carbonyl (C=O) groups is 1. The van der Waals surface area contributed by atoms with Crippen LogP contribution in [0.3, 0.4) is 0 Å². The summed E-state index contributed by atoms with van der Waals surface area (Å²) in [5.74, 6) is -1.03. The van der Waals surface area contributed by atoms with Crippen molar-refractivity contribution in [2.24, 2.45) is 11.5 Å². The van der Waals surface area contributed by atoms with Gasteiger partial charge in [-0.05, 0) is 44.4 Å². The summed E-state index contributed by atoms with van der Waals surface area (Å²) in [7, 11) is 0. The van der Waals surface area contributed by atoms with Gasteiger partial charge in [-0.2, -0.15) is 0 Å². The van der Waals surface area contributed by atoms with E-state index in [1.807, 2.05) is 11.8 Å². The van der Waals surface area contributed by atoms with E-state index in [-0.39, 0.29) is 17.6 Å². The molecule has 1 aliphatic rings. The number of benzene rings is 1. The normalized spacial score (nSPS) is 21.2. The maximum Gasteiger partial charge on any atom is 0.248 e. The maximum absolute atomic E-state index is 14.1. The molecular formula is C14H20FN3O. The first-order valence-corrected chi connectivity index (χ1v) is 6.62. The molecule has 0 spiro atoms. The second kappa shape index (κ2) is 5.57. The average Bonchev–Trinajstić information content (AvgIpc) is 2.38. The lowest BCUT2D eigenvalue weighted by Crippen LogP contribution is -2.49. The van der Waals surface area contributed by atoms with Gasteiger partial charge in [-0.25, -0.2) is 4.39 Å². The van der Waals surface area contributed by atoms with Gasteiger partial charge in [0.15, 0.2) is 0 Å².